The van der Waals surface area contributed by atoms with E-state index in [2.05, 4.69) is 9.97 Å². The molecule has 0 saturated heterocycles. The molecule has 0 bridgehead atoms. The molecule has 3 aromatic rings. The van der Waals surface area contributed by atoms with Gasteiger partial charge >= 0.3 is 0 Å². The van der Waals surface area contributed by atoms with Gasteiger partial charge in [-0.3, -0.25) is 5.14 Å². The largest absolute Gasteiger partial charge is 0.331 e. The number of rotatable bonds is 2. The van der Waals surface area contributed by atoms with Crippen LogP contribution in [0, 0.1) is 0 Å². The van der Waals surface area contributed by atoms with Crippen LogP contribution in [0.25, 0.3) is 11.0 Å². The van der Waals surface area contributed by atoms with Gasteiger partial charge in [-0.25, -0.2) is 4.98 Å². The van der Waals surface area contributed by atoms with Gasteiger partial charge in [0.1, 0.15) is 0 Å². The molecule has 104 valence electrons. The molecule has 0 saturated carbocycles. The molecular weight excluding hydrogens is 314 g/mol. The summed E-state index contributed by atoms with van der Waals surface area (Å²) in [6.07, 6.45) is 0. The minimum atomic E-state index is 0.495. The molecule has 7 heteroatoms. The number of nitrogens with two attached hydrogens (primary N) is 1. The Balaban J connectivity index is 0.000000178. The van der Waals surface area contributed by atoms with Crippen molar-refractivity contribution in [2.75, 3.05) is 0 Å². The monoisotopic (exact) mass is 325 g/mol. The number of fused-ring (bicyclic) bond motifs is 1. The van der Waals surface area contributed by atoms with E-state index in [4.69, 9.17) is 21.3 Å². The van der Waals surface area contributed by atoms with Crippen LogP contribution in [0.3, 0.4) is 0 Å². The number of H-pyrrole nitrogens is 1. The Hall–Kier alpha value is -1.18. The zero-order chi connectivity index (χ0) is 14.4. The average Bonchev–Trinajstić information content (AvgIpc) is 2.90. The zero-order valence-corrected chi connectivity index (χ0v) is 12.7. The van der Waals surface area contributed by atoms with Crippen molar-refractivity contribution in [1.29, 1.82) is 0 Å². The topological polar surface area (TPSA) is 74.9 Å². The van der Waals surface area contributed by atoms with Crippen LogP contribution < -0.4 is 5.14 Å². The lowest BCUT2D eigenvalue weighted by Crippen LogP contribution is -1.78. The number of halogens is 1. The number of nitrogens with one attached hydrogen (secondary N) is 1. The van der Waals surface area contributed by atoms with Crippen molar-refractivity contribution in [3.05, 3.63) is 53.6 Å². The SMILES string of the molecule is Clc1ccccc1.NSc1ccc2nc(SO)[nH]c2c1. The first-order chi connectivity index (χ1) is 9.72. The van der Waals surface area contributed by atoms with Crippen molar-refractivity contribution in [2.24, 2.45) is 5.14 Å². The highest BCUT2D eigenvalue weighted by Gasteiger charge is 2.02. The van der Waals surface area contributed by atoms with Crippen molar-refractivity contribution in [2.45, 2.75) is 10.1 Å². The second-order valence-electron chi connectivity index (χ2n) is 3.73. The molecule has 4 N–H and O–H groups in total. The second kappa shape index (κ2) is 7.56. The highest BCUT2D eigenvalue weighted by Crippen LogP contribution is 2.21. The molecule has 0 aliphatic carbocycles. The number of nitrogens with zero attached hydrogens (tertiary/aromatic N) is 1. The molecule has 1 aromatic heterocycles. The Labute approximate surface area is 130 Å². The van der Waals surface area contributed by atoms with E-state index in [1.165, 1.54) is 11.9 Å². The van der Waals surface area contributed by atoms with Crippen LogP contribution in [-0.2, 0) is 0 Å². The molecule has 4 nitrogen and oxygen atoms in total. The average molecular weight is 326 g/mol. The minimum absolute atomic E-state index is 0.495. The maximum absolute atomic E-state index is 8.76. The quantitative estimate of drug-likeness (QED) is 0.480. The third kappa shape index (κ3) is 4.16. The van der Waals surface area contributed by atoms with E-state index in [0.29, 0.717) is 17.2 Å². The molecule has 0 unspecified atom stereocenters. The number of aromatic nitrogens is 2. The summed E-state index contributed by atoms with van der Waals surface area (Å²) in [6.45, 7) is 0. The van der Waals surface area contributed by atoms with Crippen LogP contribution in [0.4, 0.5) is 0 Å². The van der Waals surface area contributed by atoms with Crippen LogP contribution in [0.2, 0.25) is 5.02 Å². The Morgan fingerprint density at radius 2 is 1.90 bits per heavy atom. The molecule has 0 atom stereocenters. The Kier molecular flexibility index (Phi) is 5.75. The first kappa shape index (κ1) is 15.2. The van der Waals surface area contributed by atoms with Crippen molar-refractivity contribution in [3.63, 3.8) is 0 Å². The molecule has 0 radical (unpaired) electrons. The number of aromatic amines is 1. The van der Waals surface area contributed by atoms with E-state index >= 15 is 0 Å². The lowest BCUT2D eigenvalue weighted by molar-refractivity contribution is 0.657. The Bertz CT molecular complexity index is 674. The van der Waals surface area contributed by atoms with Crippen LogP contribution in [0.15, 0.2) is 58.6 Å². The van der Waals surface area contributed by atoms with Gasteiger partial charge in [-0.15, -0.1) is 0 Å². The van der Waals surface area contributed by atoms with E-state index in [-0.39, 0.29) is 0 Å². The normalized spacial score (nSPS) is 10.2. The first-order valence-electron chi connectivity index (χ1n) is 5.61. The van der Waals surface area contributed by atoms with Crippen molar-refractivity contribution in [1.82, 2.24) is 9.97 Å². The molecule has 3 rings (SSSR count). The lowest BCUT2D eigenvalue weighted by atomic mass is 10.3. The minimum Gasteiger partial charge on any atom is -0.331 e. The molecular formula is C13H12ClN3OS2. The van der Waals surface area contributed by atoms with Crippen molar-refractivity contribution >= 4 is 46.6 Å². The lowest BCUT2D eigenvalue weighted by Gasteiger charge is -1.92. The summed E-state index contributed by atoms with van der Waals surface area (Å²) in [5.41, 5.74) is 1.71. The van der Waals surface area contributed by atoms with Crippen LogP contribution in [0.1, 0.15) is 0 Å². The van der Waals surface area contributed by atoms with Crippen molar-refractivity contribution in [3.8, 4) is 0 Å². The zero-order valence-electron chi connectivity index (χ0n) is 10.3. The molecule has 0 aliphatic rings. The van der Waals surface area contributed by atoms with Gasteiger partial charge in [0.15, 0.2) is 5.16 Å². The highest BCUT2D eigenvalue weighted by molar-refractivity contribution is 7.97. The first-order valence-corrected chi connectivity index (χ1v) is 7.64. The summed E-state index contributed by atoms with van der Waals surface area (Å²) >= 11 is 7.33. The van der Waals surface area contributed by atoms with Crippen LogP contribution in [0.5, 0.6) is 0 Å². The van der Waals surface area contributed by atoms with E-state index in [1.54, 1.807) is 0 Å². The Morgan fingerprint density at radius 3 is 2.45 bits per heavy atom. The van der Waals surface area contributed by atoms with Crippen LogP contribution in [-0.4, -0.2) is 14.5 Å². The molecule has 0 amide bonds. The van der Waals surface area contributed by atoms with Gasteiger partial charge in [0.05, 0.1) is 23.1 Å². The fourth-order valence-electron chi connectivity index (χ4n) is 1.50. The molecule has 0 aliphatic heterocycles. The van der Waals surface area contributed by atoms with Gasteiger partial charge in [-0.1, -0.05) is 29.8 Å². The number of hydrogen-bond donors (Lipinski definition) is 3. The molecule has 20 heavy (non-hydrogen) atoms. The third-order valence-electron chi connectivity index (χ3n) is 2.39. The fourth-order valence-corrected chi connectivity index (χ4v) is 2.27. The number of benzene rings is 2. The predicted octanol–water partition coefficient (Wildman–Crippen LogP) is 4.43. The smallest absolute Gasteiger partial charge is 0.193 e. The molecule has 0 fully saturated rings. The highest BCUT2D eigenvalue weighted by atomic mass is 35.5. The van der Waals surface area contributed by atoms with E-state index in [9.17, 15) is 0 Å². The van der Waals surface area contributed by atoms with Gasteiger partial charge in [-0.2, -0.15) is 0 Å². The van der Waals surface area contributed by atoms with Gasteiger partial charge in [-0.05, 0) is 42.3 Å². The summed E-state index contributed by atoms with van der Waals surface area (Å²) < 4.78 is 8.76. The summed E-state index contributed by atoms with van der Waals surface area (Å²) in [4.78, 5) is 8.03. The number of hydrogen-bond acceptors (Lipinski definition) is 5. The van der Waals surface area contributed by atoms with E-state index in [1.807, 2.05) is 48.5 Å². The maximum atomic E-state index is 8.76. The summed E-state index contributed by atoms with van der Waals surface area (Å²) in [5, 5.41) is 6.70. The molecule has 0 spiro atoms. The van der Waals surface area contributed by atoms with E-state index < -0.39 is 0 Å². The van der Waals surface area contributed by atoms with Gasteiger partial charge in [0, 0.05) is 9.92 Å². The summed E-state index contributed by atoms with van der Waals surface area (Å²) in [7, 11) is 0. The van der Waals surface area contributed by atoms with Crippen LogP contribution >= 0.6 is 35.6 Å². The second-order valence-corrected chi connectivity index (χ2v) is 5.44. The van der Waals surface area contributed by atoms with Crippen molar-refractivity contribution < 1.29 is 4.55 Å². The third-order valence-corrected chi connectivity index (χ3v) is 3.53. The van der Waals surface area contributed by atoms with Gasteiger partial charge < -0.3 is 9.54 Å². The standard InChI is InChI=1S/C7H7N3OS2.C6H5Cl/c8-12-4-1-2-5-6(3-4)10-7(9-5)13-11;7-6-4-2-1-3-5-6/h1-3,11H,8H2,(H,9,10);1-5H. The number of imidazole rings is 1. The summed E-state index contributed by atoms with van der Waals surface area (Å²) in [5.74, 6) is 0. The predicted molar refractivity (Wildman–Crippen MR) is 86.1 cm³/mol. The fraction of sp³-hybridized carbons (Fsp3) is 0. The van der Waals surface area contributed by atoms with E-state index in [0.717, 1.165) is 21.0 Å². The maximum Gasteiger partial charge on any atom is 0.193 e. The Morgan fingerprint density at radius 1 is 1.15 bits per heavy atom. The molecule has 1 heterocycles. The molecule has 2 aromatic carbocycles. The summed E-state index contributed by atoms with van der Waals surface area (Å²) in [6, 6.07) is 15.1. The van der Waals surface area contributed by atoms with Gasteiger partial charge in [0.25, 0.3) is 0 Å². The van der Waals surface area contributed by atoms with Gasteiger partial charge in [0.2, 0.25) is 0 Å².